The molecule has 0 atom stereocenters. The minimum absolute atomic E-state index is 0.0348. The number of nitro groups is 1. The Morgan fingerprint density at radius 2 is 1.08 bits per heavy atom. The molecule has 0 aromatic heterocycles. The Morgan fingerprint density at radius 3 is 1.48 bits per heavy atom. The lowest BCUT2D eigenvalue weighted by atomic mass is 9.87. The summed E-state index contributed by atoms with van der Waals surface area (Å²) in [6.07, 6.45) is -0.557. The van der Waals surface area contributed by atoms with E-state index in [0.717, 1.165) is 18.2 Å². The number of aromatic carboxylic acids is 2. The number of ether oxygens (including phenoxy) is 6. The first-order valence-corrected chi connectivity index (χ1v) is 19.4. The van der Waals surface area contributed by atoms with Crippen molar-refractivity contribution in [3.63, 3.8) is 0 Å². The first-order chi connectivity index (χ1) is 31.0. The second kappa shape index (κ2) is 29.1. The molecule has 1 saturated carbocycles. The highest BCUT2D eigenvalue weighted by atomic mass is 16.6. The summed E-state index contributed by atoms with van der Waals surface area (Å²) < 4.78 is 29.1. The molecule has 0 aliphatic heterocycles. The maximum atomic E-state index is 11.6. The molecule has 1 fully saturated rings. The van der Waals surface area contributed by atoms with Gasteiger partial charge in [-0.2, -0.15) is 0 Å². The molecule has 2 aromatic rings. The third kappa shape index (κ3) is 22.2. The van der Waals surface area contributed by atoms with E-state index < -0.39 is 70.5 Å². The lowest BCUT2D eigenvalue weighted by Crippen LogP contribution is -2.34. The second-order valence-corrected chi connectivity index (χ2v) is 13.6. The average molecular weight is 931 g/mol. The summed E-state index contributed by atoms with van der Waals surface area (Å²) in [5.74, 6) is -5.85. The lowest BCUT2D eigenvalue weighted by Gasteiger charge is -2.25. The number of carbonyl (C=O) groups is 9. The van der Waals surface area contributed by atoms with E-state index in [9.17, 15) is 53.3 Å². The molecule has 0 saturated heterocycles. The molecule has 0 radical (unpaired) electrons. The van der Waals surface area contributed by atoms with E-state index in [4.69, 9.17) is 43.7 Å². The molecule has 0 unspecified atom stereocenters. The van der Waals surface area contributed by atoms with Crippen LogP contribution in [-0.4, -0.2) is 120 Å². The van der Waals surface area contributed by atoms with Gasteiger partial charge in [0.2, 0.25) is 5.75 Å². The number of nitrogens with zero attached hydrogens (tertiary/aromatic N) is 1. The minimum atomic E-state index is -1.35. The van der Waals surface area contributed by atoms with Gasteiger partial charge in [-0.1, -0.05) is 31.9 Å². The standard InChI is InChI=1S/C14H14N2O8.C14H21NO6.C14H15NO6/c1-8(2)13(19)23-6-5-15-14(20)24-11-4-3-9(12(17)18)7-10(11)16(21)22;1-9(2)13(18)20-8-7-15-14(19)21-11-5-3-10(4-6-11)12(16)17;1-9(2)13(18)20-8-7-15-14(19)21-11-6-4-3-5-10(11)12(16)17/h3-4,7H,1,5-6H2,2H3,(H,15,20)(H,17,18);10-11H,1,3-8H2,2H3,(H,15,19)(H,16,17);3-6H,1,7-8H2,2H3,(H,15,19)(H,16,17). The van der Waals surface area contributed by atoms with E-state index in [1.807, 2.05) is 0 Å². The van der Waals surface area contributed by atoms with E-state index >= 15 is 0 Å². The van der Waals surface area contributed by atoms with Crippen molar-refractivity contribution in [3.05, 3.63) is 100 Å². The number of alkyl carbamates (subject to hydrolysis) is 1. The highest BCUT2D eigenvalue weighted by Gasteiger charge is 2.28. The fourth-order valence-electron chi connectivity index (χ4n) is 4.76. The smallest absolute Gasteiger partial charge is 0.412 e. The van der Waals surface area contributed by atoms with Gasteiger partial charge in [0.1, 0.15) is 37.2 Å². The summed E-state index contributed by atoms with van der Waals surface area (Å²) in [5, 5.41) is 44.5. The average Bonchev–Trinajstić information content (AvgIpc) is 3.25. The van der Waals surface area contributed by atoms with Gasteiger partial charge in [-0.15, -0.1) is 0 Å². The predicted octanol–water partition coefficient (Wildman–Crippen LogP) is 4.57. The number of carboxylic acids is 3. The highest BCUT2D eigenvalue weighted by Crippen LogP contribution is 2.28. The van der Waals surface area contributed by atoms with Gasteiger partial charge in [-0.05, 0) is 70.7 Å². The number of carbonyl (C=O) groups excluding carboxylic acids is 6. The van der Waals surface area contributed by atoms with Gasteiger partial charge in [-0.25, -0.2) is 38.4 Å². The minimum Gasteiger partial charge on any atom is -0.481 e. The first-order valence-electron chi connectivity index (χ1n) is 19.4. The number of hydrogen-bond acceptors (Lipinski definition) is 17. The number of hydrogen-bond donors (Lipinski definition) is 6. The number of carboxylic acid groups (broad SMARTS) is 3. The van der Waals surface area contributed by atoms with E-state index in [2.05, 4.69) is 35.7 Å². The van der Waals surface area contributed by atoms with E-state index in [0.29, 0.717) is 31.3 Å². The molecule has 24 nitrogen and oxygen atoms in total. The zero-order chi connectivity index (χ0) is 49.9. The molecule has 1 aliphatic carbocycles. The van der Waals surface area contributed by atoms with Gasteiger partial charge in [0, 0.05) is 22.8 Å². The number of benzene rings is 2. The Kier molecular flexibility index (Phi) is 24.6. The molecule has 24 heteroatoms. The molecule has 1 aliphatic rings. The van der Waals surface area contributed by atoms with Crippen LogP contribution >= 0.6 is 0 Å². The Labute approximate surface area is 376 Å². The fourth-order valence-corrected chi connectivity index (χ4v) is 4.76. The molecule has 3 amide bonds. The highest BCUT2D eigenvalue weighted by molar-refractivity contribution is 5.92. The van der Waals surface area contributed by atoms with E-state index in [1.54, 1.807) is 6.07 Å². The summed E-state index contributed by atoms with van der Waals surface area (Å²) in [6, 6.07) is 8.59. The van der Waals surface area contributed by atoms with Crippen molar-refractivity contribution in [3.8, 4) is 11.5 Å². The van der Waals surface area contributed by atoms with E-state index in [1.165, 1.54) is 39.0 Å². The number of nitro benzene ring substituents is 1. The topological polar surface area (TPSA) is 349 Å². The number of amides is 3. The monoisotopic (exact) mass is 930 g/mol. The normalized spacial score (nSPS) is 13.3. The van der Waals surface area contributed by atoms with Crippen LogP contribution in [0.4, 0.5) is 20.1 Å². The predicted molar refractivity (Wildman–Crippen MR) is 227 cm³/mol. The van der Waals surface area contributed by atoms with Gasteiger partial charge in [-0.3, -0.25) is 14.9 Å². The lowest BCUT2D eigenvalue weighted by molar-refractivity contribution is -0.385. The van der Waals surface area contributed by atoms with Crippen LogP contribution in [-0.2, 0) is 38.1 Å². The Balaban J connectivity index is 0.000000497. The third-order valence-electron chi connectivity index (χ3n) is 8.08. The van der Waals surface area contributed by atoms with Crippen molar-refractivity contribution in [1.29, 1.82) is 0 Å². The quantitative estimate of drug-likeness (QED) is 0.0280. The van der Waals surface area contributed by atoms with Gasteiger partial charge in [0.15, 0.2) is 0 Å². The number of rotatable bonds is 19. The number of esters is 3. The molecule has 2 aromatic carbocycles. The van der Waals surface area contributed by atoms with Crippen molar-refractivity contribution < 1.29 is 91.8 Å². The van der Waals surface area contributed by atoms with Gasteiger partial charge in [0.25, 0.3) is 0 Å². The molecule has 0 heterocycles. The molecule has 358 valence electrons. The molecule has 6 N–H and O–H groups in total. The number of para-hydroxylation sites is 1. The summed E-state index contributed by atoms with van der Waals surface area (Å²) >= 11 is 0. The van der Waals surface area contributed by atoms with Crippen molar-refractivity contribution in [2.24, 2.45) is 5.92 Å². The Morgan fingerprint density at radius 1 is 0.636 bits per heavy atom. The summed E-state index contributed by atoms with van der Waals surface area (Å²) in [4.78, 5) is 110. The number of aliphatic carboxylic acids is 1. The summed E-state index contributed by atoms with van der Waals surface area (Å²) in [5.41, 5.74) is -0.353. The van der Waals surface area contributed by atoms with Crippen LogP contribution in [0.5, 0.6) is 11.5 Å². The first kappa shape index (κ1) is 55.7. The van der Waals surface area contributed by atoms with Crippen LogP contribution in [0.1, 0.15) is 67.2 Å². The van der Waals surface area contributed by atoms with Crippen LogP contribution in [0.25, 0.3) is 0 Å². The Bertz CT molecular complexity index is 2140. The van der Waals surface area contributed by atoms with Crippen molar-refractivity contribution in [2.75, 3.05) is 39.5 Å². The van der Waals surface area contributed by atoms with Crippen LogP contribution in [0.15, 0.2) is 78.9 Å². The van der Waals surface area contributed by atoms with Gasteiger partial charge < -0.3 is 59.7 Å². The molecular formula is C42H50N4O20. The molecule has 0 spiro atoms. The van der Waals surface area contributed by atoms with Gasteiger partial charge in [0.05, 0.1) is 36.0 Å². The second-order valence-electron chi connectivity index (χ2n) is 13.6. The number of nitrogens with one attached hydrogen (secondary N) is 3. The van der Waals surface area contributed by atoms with Crippen LogP contribution < -0.4 is 25.4 Å². The van der Waals surface area contributed by atoms with Crippen molar-refractivity contribution in [1.82, 2.24) is 16.0 Å². The fraction of sp³-hybridized carbons (Fsp3) is 0.357. The van der Waals surface area contributed by atoms with Crippen molar-refractivity contribution >= 4 is 59.8 Å². The summed E-state index contributed by atoms with van der Waals surface area (Å²) in [7, 11) is 0. The van der Waals surface area contributed by atoms with Crippen molar-refractivity contribution in [2.45, 2.75) is 52.6 Å². The Hall–Kier alpha value is -8.31. The van der Waals surface area contributed by atoms with Crippen LogP contribution in [0, 0.1) is 16.0 Å². The van der Waals surface area contributed by atoms with E-state index in [-0.39, 0.29) is 79.5 Å². The maximum absolute atomic E-state index is 11.6. The largest absolute Gasteiger partial charge is 0.481 e. The molecule has 66 heavy (non-hydrogen) atoms. The molecule has 0 bridgehead atoms. The van der Waals surface area contributed by atoms with Gasteiger partial charge >= 0.3 is 59.8 Å². The summed E-state index contributed by atoms with van der Waals surface area (Å²) in [6.45, 7) is 14.7. The zero-order valence-corrected chi connectivity index (χ0v) is 36.1. The SMILES string of the molecule is C=C(C)C(=O)OCCNC(=O)OC1CCC(C(=O)O)CC1.C=C(C)C(=O)OCCNC(=O)Oc1ccc(C(=O)O)cc1[N+](=O)[O-].C=C(C)C(=O)OCCNC(=O)Oc1ccccc1C(=O)O. The van der Waals surface area contributed by atoms with Crippen LogP contribution in [0.3, 0.4) is 0 Å². The molecular weight excluding hydrogens is 880 g/mol. The maximum Gasteiger partial charge on any atom is 0.412 e. The molecule has 3 rings (SSSR count). The third-order valence-corrected chi connectivity index (χ3v) is 8.08. The zero-order valence-electron chi connectivity index (χ0n) is 36.1. The van der Waals surface area contributed by atoms with Crippen LogP contribution in [0.2, 0.25) is 0 Å².